The van der Waals surface area contributed by atoms with E-state index in [9.17, 15) is 14.1 Å². The van der Waals surface area contributed by atoms with E-state index in [1.807, 2.05) is 0 Å². The van der Waals surface area contributed by atoms with Gasteiger partial charge in [0.05, 0.1) is 6.20 Å². The van der Waals surface area contributed by atoms with Gasteiger partial charge in [-0.3, -0.25) is 18.5 Å². The molecular weight excluding hydrogens is 375 g/mol. The Labute approximate surface area is 157 Å². The van der Waals surface area contributed by atoms with Crippen molar-refractivity contribution in [2.24, 2.45) is 5.92 Å². The van der Waals surface area contributed by atoms with Gasteiger partial charge in [-0.1, -0.05) is 0 Å². The highest BCUT2D eigenvalue weighted by Gasteiger charge is 2.32. The average molecular weight is 394 g/mol. The van der Waals surface area contributed by atoms with Crippen LogP contribution in [-0.2, 0) is 27.2 Å². The summed E-state index contributed by atoms with van der Waals surface area (Å²) in [6.45, 7) is 1.93. The van der Waals surface area contributed by atoms with Gasteiger partial charge in [0.1, 0.15) is 18.0 Å². The highest BCUT2D eigenvalue weighted by Crippen LogP contribution is 2.38. The second-order valence-corrected chi connectivity index (χ2v) is 7.76. The molecule has 2 fully saturated rings. The van der Waals surface area contributed by atoms with Crippen LogP contribution in [0, 0.1) is 11.7 Å². The van der Waals surface area contributed by atoms with Crippen LogP contribution in [0.25, 0.3) is 11.1 Å². The van der Waals surface area contributed by atoms with Crippen molar-refractivity contribution in [1.29, 1.82) is 0 Å². The number of nitrogens with zero attached hydrogens (tertiary/aromatic N) is 3. The highest BCUT2D eigenvalue weighted by molar-refractivity contribution is 7.85. The summed E-state index contributed by atoms with van der Waals surface area (Å²) < 4.78 is 37.4. The molecule has 0 aliphatic carbocycles. The molecule has 2 saturated heterocycles. The fourth-order valence-corrected chi connectivity index (χ4v) is 4.29. The molecule has 2 aliphatic heterocycles. The van der Waals surface area contributed by atoms with Gasteiger partial charge in [-0.2, -0.15) is 5.10 Å². The maximum absolute atomic E-state index is 15.1. The topological polar surface area (TPSA) is 96.7 Å². The number of benzene rings is 1. The highest BCUT2D eigenvalue weighted by atomic mass is 32.2. The van der Waals surface area contributed by atoms with E-state index in [2.05, 4.69) is 9.82 Å². The first kappa shape index (κ1) is 17.9. The molecule has 1 atom stereocenters. The van der Waals surface area contributed by atoms with Gasteiger partial charge in [0.15, 0.2) is 5.82 Å². The van der Waals surface area contributed by atoms with Crippen molar-refractivity contribution in [3.8, 4) is 16.9 Å². The summed E-state index contributed by atoms with van der Waals surface area (Å²) in [7, 11) is 0. The molecule has 10 heteroatoms. The molecular formula is C17H19FN4O4S. The Bertz CT molecular complexity index is 897. The number of carbonyl (C=O) groups excluding carboxylic acids is 1. The summed E-state index contributed by atoms with van der Waals surface area (Å²) in [5.41, 5.74) is 0.504. The summed E-state index contributed by atoms with van der Waals surface area (Å²) >= 11 is -1.93. The van der Waals surface area contributed by atoms with Crippen molar-refractivity contribution >= 4 is 22.8 Å². The summed E-state index contributed by atoms with van der Waals surface area (Å²) in [5.74, 6) is -1.15. The standard InChI is InChI=1S/C17H19FN4O4S/c18-16-13(1-2-14(23)17(16)22-10-15(24)20-27(22)25)12-7-19-21(9-12)8-11-3-5-26-6-4-11/h1-2,7,9,11,23H,3-6,8,10H2,(H,20,24). The summed E-state index contributed by atoms with van der Waals surface area (Å²) in [6.07, 6.45) is 5.24. The molecule has 0 radical (unpaired) electrons. The molecule has 0 saturated carbocycles. The van der Waals surface area contributed by atoms with Crippen molar-refractivity contribution in [3.63, 3.8) is 0 Å². The number of aromatic nitrogens is 2. The molecule has 3 heterocycles. The lowest BCUT2D eigenvalue weighted by atomic mass is 10.0. The number of amides is 1. The molecule has 0 bridgehead atoms. The lowest BCUT2D eigenvalue weighted by molar-refractivity contribution is -0.117. The van der Waals surface area contributed by atoms with E-state index < -0.39 is 22.9 Å². The molecule has 2 N–H and O–H groups in total. The number of hydrogen-bond donors (Lipinski definition) is 2. The smallest absolute Gasteiger partial charge is 0.253 e. The van der Waals surface area contributed by atoms with Gasteiger partial charge < -0.3 is 9.84 Å². The van der Waals surface area contributed by atoms with Gasteiger partial charge >= 0.3 is 0 Å². The first-order chi connectivity index (χ1) is 13.0. The van der Waals surface area contributed by atoms with Gasteiger partial charge in [0, 0.05) is 37.1 Å². The van der Waals surface area contributed by atoms with Crippen molar-refractivity contribution < 1.29 is 23.2 Å². The zero-order valence-corrected chi connectivity index (χ0v) is 15.2. The van der Waals surface area contributed by atoms with Crippen molar-refractivity contribution in [2.45, 2.75) is 19.4 Å². The van der Waals surface area contributed by atoms with Gasteiger partial charge in [-0.15, -0.1) is 0 Å². The van der Waals surface area contributed by atoms with Crippen LogP contribution in [0.4, 0.5) is 10.1 Å². The van der Waals surface area contributed by atoms with Crippen LogP contribution in [0.3, 0.4) is 0 Å². The monoisotopic (exact) mass is 394 g/mol. The van der Waals surface area contributed by atoms with E-state index in [-0.39, 0.29) is 23.5 Å². The molecule has 1 aromatic carbocycles. The van der Waals surface area contributed by atoms with Crippen LogP contribution in [0.1, 0.15) is 12.8 Å². The molecule has 2 aliphatic rings. The van der Waals surface area contributed by atoms with E-state index in [1.165, 1.54) is 12.1 Å². The first-order valence-electron chi connectivity index (χ1n) is 8.64. The number of halogens is 1. The predicted molar refractivity (Wildman–Crippen MR) is 96.5 cm³/mol. The number of aromatic hydroxyl groups is 1. The van der Waals surface area contributed by atoms with Crippen LogP contribution >= 0.6 is 0 Å². The van der Waals surface area contributed by atoms with Crippen molar-refractivity contribution in [2.75, 3.05) is 24.1 Å². The third-order valence-electron chi connectivity index (χ3n) is 4.76. The summed E-state index contributed by atoms with van der Waals surface area (Å²) in [5, 5.41) is 14.4. The molecule has 27 heavy (non-hydrogen) atoms. The van der Waals surface area contributed by atoms with Crippen LogP contribution in [0.5, 0.6) is 5.75 Å². The zero-order valence-electron chi connectivity index (χ0n) is 14.4. The van der Waals surface area contributed by atoms with E-state index in [1.54, 1.807) is 17.1 Å². The molecule has 1 amide bonds. The van der Waals surface area contributed by atoms with Gasteiger partial charge in [0.2, 0.25) is 11.2 Å². The maximum atomic E-state index is 15.1. The number of hydrogen-bond acceptors (Lipinski definition) is 5. The third kappa shape index (κ3) is 3.54. The van der Waals surface area contributed by atoms with Gasteiger partial charge in [-0.25, -0.2) is 8.60 Å². The molecule has 1 aromatic heterocycles. The predicted octanol–water partition coefficient (Wildman–Crippen LogP) is 1.34. The van der Waals surface area contributed by atoms with Crippen molar-refractivity contribution in [1.82, 2.24) is 14.5 Å². The second-order valence-electron chi connectivity index (χ2n) is 6.61. The normalized spacial score (nSPS) is 20.9. The summed E-state index contributed by atoms with van der Waals surface area (Å²) in [4.78, 5) is 11.4. The van der Waals surface area contributed by atoms with Gasteiger partial charge in [-0.05, 0) is 30.9 Å². The lowest BCUT2D eigenvalue weighted by Crippen LogP contribution is -2.23. The van der Waals surface area contributed by atoms with Crippen LogP contribution < -0.4 is 9.03 Å². The SMILES string of the molecule is O=C1CN(c2c(O)ccc(-c3cnn(CC4CCOCC4)c3)c2F)S(=O)N1. The van der Waals surface area contributed by atoms with Gasteiger partial charge in [0.25, 0.3) is 5.91 Å². The average Bonchev–Trinajstić information content (AvgIpc) is 3.22. The molecule has 1 unspecified atom stereocenters. The maximum Gasteiger partial charge on any atom is 0.253 e. The van der Waals surface area contributed by atoms with Crippen molar-refractivity contribution in [3.05, 3.63) is 30.3 Å². The fourth-order valence-electron chi connectivity index (χ4n) is 3.35. The Morgan fingerprint density at radius 1 is 1.37 bits per heavy atom. The number of phenols is 1. The van der Waals surface area contributed by atoms with Crippen LogP contribution in [0.2, 0.25) is 0 Å². The molecule has 4 rings (SSSR count). The van der Waals surface area contributed by atoms with E-state index >= 15 is 4.39 Å². The Morgan fingerprint density at radius 2 is 2.15 bits per heavy atom. The number of carbonyl (C=O) groups is 1. The molecule has 0 spiro atoms. The Hall–Kier alpha value is -2.46. The first-order valence-corrected chi connectivity index (χ1v) is 9.74. The number of phenolic OH excluding ortho intramolecular Hbond substituents is 1. The largest absolute Gasteiger partial charge is 0.506 e. The fraction of sp³-hybridized carbons (Fsp3) is 0.412. The minimum atomic E-state index is -1.93. The Morgan fingerprint density at radius 3 is 2.85 bits per heavy atom. The molecule has 144 valence electrons. The number of ether oxygens (including phenoxy) is 1. The van der Waals surface area contributed by atoms with Crippen LogP contribution in [-0.4, -0.2) is 44.8 Å². The number of rotatable bonds is 4. The lowest BCUT2D eigenvalue weighted by Gasteiger charge is -2.21. The number of nitrogens with one attached hydrogen (secondary N) is 1. The van der Waals surface area contributed by atoms with Crippen LogP contribution in [0.15, 0.2) is 24.5 Å². The number of anilines is 1. The Kier molecular flexibility index (Phi) is 4.83. The summed E-state index contributed by atoms with van der Waals surface area (Å²) in [6, 6.07) is 2.77. The van der Waals surface area contributed by atoms with E-state index in [0.717, 1.165) is 36.9 Å². The molecule has 2 aromatic rings. The second kappa shape index (κ2) is 7.28. The Balaban J connectivity index is 1.62. The third-order valence-corrected chi connectivity index (χ3v) is 5.88. The van der Waals surface area contributed by atoms with E-state index in [0.29, 0.717) is 11.5 Å². The zero-order chi connectivity index (χ0) is 19.0. The minimum Gasteiger partial charge on any atom is -0.506 e. The molecule has 8 nitrogen and oxygen atoms in total. The minimum absolute atomic E-state index is 0.220. The quantitative estimate of drug-likeness (QED) is 0.816. The van der Waals surface area contributed by atoms with E-state index in [4.69, 9.17) is 4.74 Å².